The van der Waals surface area contributed by atoms with Gasteiger partial charge in [-0.2, -0.15) is 11.8 Å². The summed E-state index contributed by atoms with van der Waals surface area (Å²) >= 11 is 13.6. The van der Waals surface area contributed by atoms with E-state index in [0.717, 1.165) is 17.9 Å². The van der Waals surface area contributed by atoms with E-state index in [2.05, 4.69) is 10.3 Å². The average molecular weight is 223 g/mol. The van der Waals surface area contributed by atoms with Crippen molar-refractivity contribution < 1.29 is 0 Å². The summed E-state index contributed by atoms with van der Waals surface area (Å²) < 4.78 is 0. The summed E-state index contributed by atoms with van der Waals surface area (Å²) in [4.78, 5) is 4.27. The largest absolute Gasteiger partial charge is 0.321 e. The van der Waals surface area contributed by atoms with E-state index >= 15 is 0 Å². The van der Waals surface area contributed by atoms with Crippen LogP contribution in [0.25, 0.3) is 0 Å². The first-order valence-electron chi connectivity index (χ1n) is 3.74. The van der Waals surface area contributed by atoms with Crippen molar-refractivity contribution in [2.75, 3.05) is 11.5 Å². The number of hydrogen-bond acceptors (Lipinski definition) is 3. The quantitative estimate of drug-likeness (QED) is 0.636. The molecule has 1 fully saturated rings. The molecule has 0 aromatic carbocycles. The molecule has 2 rings (SSSR count). The van der Waals surface area contributed by atoms with Crippen LogP contribution in [0.4, 0.5) is 0 Å². The second-order valence-corrected chi connectivity index (χ2v) is 4.58. The molecule has 5 heteroatoms. The molecule has 1 unspecified atom stereocenters. The molecule has 2 aliphatic rings. The minimum atomic E-state index is 0.229. The van der Waals surface area contributed by atoms with E-state index in [4.69, 9.17) is 23.2 Å². The molecule has 0 aliphatic carbocycles. The summed E-state index contributed by atoms with van der Waals surface area (Å²) in [7, 11) is 0. The number of amidine groups is 1. The first-order chi connectivity index (χ1) is 5.77. The van der Waals surface area contributed by atoms with E-state index in [0.29, 0.717) is 10.5 Å². The van der Waals surface area contributed by atoms with Crippen molar-refractivity contribution in [3.63, 3.8) is 0 Å². The van der Waals surface area contributed by atoms with E-state index in [1.165, 1.54) is 5.57 Å². The van der Waals surface area contributed by atoms with Gasteiger partial charge in [0.2, 0.25) is 0 Å². The number of halogens is 2. The summed E-state index contributed by atoms with van der Waals surface area (Å²) in [5, 5.41) is 3.92. The summed E-state index contributed by atoms with van der Waals surface area (Å²) in [5.74, 6) is 2.12. The molecule has 2 aliphatic heterocycles. The van der Waals surface area contributed by atoms with Crippen LogP contribution in [0.15, 0.2) is 15.7 Å². The van der Waals surface area contributed by atoms with Gasteiger partial charge in [0.15, 0.2) is 5.29 Å². The van der Waals surface area contributed by atoms with Crippen LogP contribution in [0, 0.1) is 0 Å². The van der Waals surface area contributed by atoms with Crippen molar-refractivity contribution in [3.05, 3.63) is 10.7 Å². The maximum atomic E-state index is 5.97. The van der Waals surface area contributed by atoms with Crippen molar-refractivity contribution in [3.8, 4) is 0 Å². The van der Waals surface area contributed by atoms with Crippen molar-refractivity contribution >= 4 is 40.3 Å². The molecule has 0 aromatic rings. The molecule has 2 heterocycles. The molecule has 0 aromatic heterocycles. The molecule has 0 spiro atoms. The zero-order valence-electron chi connectivity index (χ0n) is 6.31. The Morgan fingerprint density at radius 2 is 2.33 bits per heavy atom. The molecule has 1 N–H and O–H groups in total. The van der Waals surface area contributed by atoms with E-state index in [1.54, 1.807) is 0 Å². The highest BCUT2D eigenvalue weighted by molar-refractivity contribution is 7.99. The van der Waals surface area contributed by atoms with Gasteiger partial charge in [0, 0.05) is 5.75 Å². The van der Waals surface area contributed by atoms with Crippen LogP contribution in [0.2, 0.25) is 0 Å². The van der Waals surface area contributed by atoms with Crippen molar-refractivity contribution in [2.45, 2.75) is 12.5 Å². The first-order valence-corrected chi connectivity index (χ1v) is 5.65. The van der Waals surface area contributed by atoms with Crippen LogP contribution in [0.1, 0.15) is 6.42 Å². The summed E-state index contributed by atoms with van der Waals surface area (Å²) in [6.45, 7) is 0. The van der Waals surface area contributed by atoms with Gasteiger partial charge in [0.1, 0.15) is 5.16 Å². The number of nitrogens with one attached hydrogen (secondary N) is 1. The van der Waals surface area contributed by atoms with E-state index in [9.17, 15) is 0 Å². The van der Waals surface area contributed by atoms with Gasteiger partial charge in [-0.25, -0.2) is 4.99 Å². The third-order valence-electron chi connectivity index (χ3n) is 1.96. The summed E-state index contributed by atoms with van der Waals surface area (Å²) in [6, 6.07) is 0.229. The lowest BCUT2D eigenvalue weighted by Gasteiger charge is -2.26. The monoisotopic (exact) mass is 222 g/mol. The zero-order chi connectivity index (χ0) is 8.55. The van der Waals surface area contributed by atoms with Gasteiger partial charge in [0.05, 0.1) is 6.04 Å². The normalized spacial score (nSPS) is 29.2. The van der Waals surface area contributed by atoms with Gasteiger partial charge in [0.25, 0.3) is 0 Å². The predicted molar refractivity (Wildman–Crippen MR) is 55.0 cm³/mol. The fourth-order valence-corrected chi connectivity index (χ4v) is 3.05. The maximum absolute atomic E-state index is 5.97. The number of thioether (sulfide) groups is 1. The second-order valence-electron chi connectivity index (χ2n) is 2.74. The van der Waals surface area contributed by atoms with E-state index < -0.39 is 0 Å². The number of fused-ring (bicyclic) bond motifs is 1. The molecule has 66 valence electrons. The molecule has 1 saturated heterocycles. The third kappa shape index (κ3) is 1.58. The van der Waals surface area contributed by atoms with Gasteiger partial charge in [-0.3, -0.25) is 0 Å². The SMILES string of the molecule is ClC1=NC2CCSCC2=C(Cl)N1. The number of nitrogens with zero attached hydrogens (tertiary/aromatic N) is 1. The number of rotatable bonds is 0. The molecular weight excluding hydrogens is 215 g/mol. The van der Waals surface area contributed by atoms with Crippen molar-refractivity contribution in [1.29, 1.82) is 0 Å². The number of hydrogen-bond donors (Lipinski definition) is 1. The Bertz CT molecular complexity index is 262. The summed E-state index contributed by atoms with van der Waals surface area (Å²) in [5.41, 5.74) is 1.19. The third-order valence-corrected chi connectivity index (χ3v) is 3.53. The fourth-order valence-electron chi connectivity index (χ4n) is 1.34. The second kappa shape index (κ2) is 3.48. The Morgan fingerprint density at radius 3 is 3.17 bits per heavy atom. The fraction of sp³-hybridized carbons (Fsp3) is 0.571. The highest BCUT2D eigenvalue weighted by Crippen LogP contribution is 2.30. The first kappa shape index (κ1) is 8.73. The van der Waals surface area contributed by atoms with Crippen LogP contribution >= 0.6 is 35.0 Å². The molecule has 0 amide bonds. The van der Waals surface area contributed by atoms with Gasteiger partial charge in [-0.05, 0) is 29.3 Å². The van der Waals surface area contributed by atoms with Gasteiger partial charge in [-0.15, -0.1) is 0 Å². The Morgan fingerprint density at radius 1 is 1.50 bits per heavy atom. The smallest absolute Gasteiger partial charge is 0.197 e. The maximum Gasteiger partial charge on any atom is 0.197 e. The minimum absolute atomic E-state index is 0.229. The Balaban J connectivity index is 2.25. The highest BCUT2D eigenvalue weighted by atomic mass is 35.5. The average Bonchev–Trinajstić information content (AvgIpc) is 2.04. The molecule has 2 nitrogen and oxygen atoms in total. The topological polar surface area (TPSA) is 24.4 Å². The zero-order valence-corrected chi connectivity index (χ0v) is 8.64. The predicted octanol–water partition coefficient (Wildman–Crippen LogP) is 2.14. The van der Waals surface area contributed by atoms with Gasteiger partial charge >= 0.3 is 0 Å². The Hall–Kier alpha value is 0.140. The molecule has 1 atom stereocenters. The van der Waals surface area contributed by atoms with Crippen molar-refractivity contribution in [1.82, 2.24) is 5.32 Å². The van der Waals surface area contributed by atoms with Crippen LogP contribution in [-0.4, -0.2) is 22.8 Å². The van der Waals surface area contributed by atoms with Crippen LogP contribution < -0.4 is 5.32 Å². The van der Waals surface area contributed by atoms with Crippen LogP contribution in [0.5, 0.6) is 0 Å². The number of aliphatic imine (C=N–C) groups is 1. The van der Waals surface area contributed by atoms with Crippen molar-refractivity contribution in [2.24, 2.45) is 4.99 Å². The molecule has 0 radical (unpaired) electrons. The molecular formula is C7H8Cl2N2S. The van der Waals surface area contributed by atoms with E-state index in [1.807, 2.05) is 11.8 Å². The standard InChI is InChI=1S/C7H8Cl2N2S/c8-6-4-3-12-2-1-5(4)10-7(9)11-6/h5H,1-3H2,(H,10,11). The summed E-state index contributed by atoms with van der Waals surface area (Å²) in [6.07, 6.45) is 1.05. The lowest BCUT2D eigenvalue weighted by atomic mass is 10.1. The molecule has 0 saturated carbocycles. The Labute approximate surface area is 85.4 Å². The van der Waals surface area contributed by atoms with E-state index in [-0.39, 0.29) is 6.04 Å². The van der Waals surface area contributed by atoms with Crippen LogP contribution in [0.3, 0.4) is 0 Å². The molecule has 0 bridgehead atoms. The minimum Gasteiger partial charge on any atom is -0.321 e. The van der Waals surface area contributed by atoms with Gasteiger partial charge in [-0.1, -0.05) is 11.6 Å². The Kier molecular flexibility index (Phi) is 2.53. The lowest BCUT2D eigenvalue weighted by Crippen LogP contribution is -2.31. The highest BCUT2D eigenvalue weighted by Gasteiger charge is 2.25. The van der Waals surface area contributed by atoms with Crippen LogP contribution in [-0.2, 0) is 0 Å². The van der Waals surface area contributed by atoms with Gasteiger partial charge < -0.3 is 5.32 Å². The lowest BCUT2D eigenvalue weighted by molar-refractivity contribution is 0.716. The molecule has 12 heavy (non-hydrogen) atoms.